The molecular weight excluding hydrogens is 222 g/mol. The molecule has 0 aliphatic rings. The molecule has 0 aliphatic heterocycles. The zero-order valence-corrected chi connectivity index (χ0v) is 8.79. The summed E-state index contributed by atoms with van der Waals surface area (Å²) in [4.78, 5) is 13.2. The van der Waals surface area contributed by atoms with Crippen molar-refractivity contribution in [2.75, 3.05) is 6.54 Å². The van der Waals surface area contributed by atoms with Crippen LogP contribution in [-0.2, 0) is 0 Å². The van der Waals surface area contributed by atoms with Crippen molar-refractivity contribution in [2.24, 2.45) is 5.11 Å². The van der Waals surface area contributed by atoms with Crippen LogP contribution in [0.25, 0.3) is 10.4 Å². The monoisotopic (exact) mass is 231 g/mol. The van der Waals surface area contributed by atoms with Gasteiger partial charge in [-0.1, -0.05) is 17.0 Å². The highest BCUT2D eigenvalue weighted by Crippen LogP contribution is 2.18. The fourth-order valence-electron chi connectivity index (χ4n) is 1.11. The average Bonchev–Trinajstić information content (AvgIpc) is 2.28. The van der Waals surface area contributed by atoms with Crippen LogP contribution in [0.1, 0.15) is 22.3 Å². The van der Waals surface area contributed by atoms with Gasteiger partial charge in [-0.15, -0.1) is 0 Å². The Labute approximate surface area is 97.1 Å². The molecule has 1 aromatic rings. The second-order valence-corrected chi connectivity index (χ2v) is 3.04. The summed E-state index contributed by atoms with van der Waals surface area (Å²) in [7, 11) is 0. The molecule has 2 N–H and O–H groups in total. The smallest absolute Gasteiger partial charge is 0.339 e. The van der Waals surface area contributed by atoms with Gasteiger partial charge in [0.15, 0.2) is 0 Å². The maximum atomic E-state index is 10.6. The highest BCUT2D eigenvalue weighted by atomic mass is 16.4. The minimum absolute atomic E-state index is 0.162. The second-order valence-electron chi connectivity index (χ2n) is 3.04. The van der Waals surface area contributed by atoms with Gasteiger partial charge < -0.3 is 10.2 Å². The standard InChI is InChI=1S/C11H9N3O3/c12-14-13-6-2-1-3-8-4-5-9(11(16)17)10(15)7-8/h4-5,7,15H,2,6H2,(H,16,17). The summed E-state index contributed by atoms with van der Waals surface area (Å²) < 4.78 is 0. The summed E-state index contributed by atoms with van der Waals surface area (Å²) >= 11 is 0. The topological polar surface area (TPSA) is 106 Å². The lowest BCUT2D eigenvalue weighted by atomic mass is 10.1. The molecule has 1 aromatic carbocycles. The number of carbonyl (C=O) groups is 1. The normalized spacial score (nSPS) is 8.71. The molecule has 0 unspecified atom stereocenters. The highest BCUT2D eigenvalue weighted by Gasteiger charge is 2.08. The number of phenols is 1. The molecule has 1 rings (SSSR count). The Morgan fingerprint density at radius 1 is 1.53 bits per heavy atom. The molecule has 0 saturated heterocycles. The van der Waals surface area contributed by atoms with Crippen LogP contribution in [0.5, 0.6) is 5.75 Å². The first-order valence-electron chi connectivity index (χ1n) is 4.71. The number of hydrogen-bond donors (Lipinski definition) is 2. The summed E-state index contributed by atoms with van der Waals surface area (Å²) in [6.07, 6.45) is 0.408. The van der Waals surface area contributed by atoms with E-state index < -0.39 is 5.97 Å². The van der Waals surface area contributed by atoms with E-state index in [2.05, 4.69) is 21.9 Å². The lowest BCUT2D eigenvalue weighted by molar-refractivity contribution is 0.0694. The van der Waals surface area contributed by atoms with Gasteiger partial charge >= 0.3 is 5.97 Å². The molecule has 6 heteroatoms. The van der Waals surface area contributed by atoms with E-state index in [9.17, 15) is 9.90 Å². The van der Waals surface area contributed by atoms with Crippen molar-refractivity contribution in [1.82, 2.24) is 0 Å². The van der Waals surface area contributed by atoms with Gasteiger partial charge in [0.25, 0.3) is 0 Å². The average molecular weight is 231 g/mol. The predicted octanol–water partition coefficient (Wildman–Crippen LogP) is 2.14. The molecule has 0 amide bonds. The van der Waals surface area contributed by atoms with Crippen LogP contribution in [0, 0.1) is 11.8 Å². The zero-order valence-electron chi connectivity index (χ0n) is 8.79. The van der Waals surface area contributed by atoms with Crippen molar-refractivity contribution in [3.8, 4) is 17.6 Å². The number of rotatable bonds is 3. The first kappa shape index (κ1) is 12.4. The van der Waals surface area contributed by atoms with Crippen LogP contribution < -0.4 is 0 Å². The Morgan fingerprint density at radius 3 is 2.88 bits per heavy atom. The maximum absolute atomic E-state index is 10.6. The zero-order chi connectivity index (χ0) is 12.7. The third kappa shape index (κ3) is 3.78. The van der Waals surface area contributed by atoms with Crippen molar-refractivity contribution in [3.63, 3.8) is 0 Å². The molecule has 0 aliphatic carbocycles. The summed E-state index contributed by atoms with van der Waals surface area (Å²) in [6.45, 7) is 0.280. The van der Waals surface area contributed by atoms with Crippen LogP contribution in [0.3, 0.4) is 0 Å². The predicted molar refractivity (Wildman–Crippen MR) is 60.6 cm³/mol. The molecule has 0 heterocycles. The first-order chi connectivity index (χ1) is 8.15. The van der Waals surface area contributed by atoms with Crippen LogP contribution >= 0.6 is 0 Å². The van der Waals surface area contributed by atoms with Crippen molar-refractivity contribution in [1.29, 1.82) is 0 Å². The first-order valence-corrected chi connectivity index (χ1v) is 4.71. The Balaban J connectivity index is 2.77. The molecule has 0 bridgehead atoms. The molecule has 6 nitrogen and oxygen atoms in total. The lowest BCUT2D eigenvalue weighted by Crippen LogP contribution is -1.96. The number of carboxylic acid groups (broad SMARTS) is 1. The van der Waals surface area contributed by atoms with E-state index >= 15 is 0 Å². The number of aromatic hydroxyl groups is 1. The van der Waals surface area contributed by atoms with Crippen molar-refractivity contribution in [2.45, 2.75) is 6.42 Å². The third-order valence-electron chi connectivity index (χ3n) is 1.86. The summed E-state index contributed by atoms with van der Waals surface area (Å²) in [5.74, 6) is 3.95. The minimum atomic E-state index is -1.19. The molecular formula is C11H9N3O3. The van der Waals surface area contributed by atoms with Crippen LogP contribution in [0.15, 0.2) is 23.3 Å². The van der Waals surface area contributed by atoms with Gasteiger partial charge in [-0.3, -0.25) is 0 Å². The van der Waals surface area contributed by atoms with E-state index in [1.807, 2.05) is 0 Å². The number of benzene rings is 1. The molecule has 0 fully saturated rings. The van der Waals surface area contributed by atoms with Crippen molar-refractivity contribution < 1.29 is 15.0 Å². The number of hydrogen-bond acceptors (Lipinski definition) is 3. The Kier molecular flexibility index (Phi) is 4.43. The second kappa shape index (κ2) is 6.05. The number of aromatic carboxylic acids is 1. The van der Waals surface area contributed by atoms with Gasteiger partial charge in [0.1, 0.15) is 11.3 Å². The Bertz CT molecular complexity index is 537. The molecule has 0 radical (unpaired) electrons. The molecule has 0 saturated carbocycles. The number of azide groups is 1. The van der Waals surface area contributed by atoms with E-state index in [1.54, 1.807) is 0 Å². The van der Waals surface area contributed by atoms with Crippen molar-refractivity contribution in [3.05, 3.63) is 39.8 Å². The summed E-state index contributed by atoms with van der Waals surface area (Å²) in [6, 6.07) is 4.07. The quantitative estimate of drug-likeness (QED) is 0.273. The van der Waals surface area contributed by atoms with Gasteiger partial charge in [0.2, 0.25) is 0 Å². The summed E-state index contributed by atoms with van der Waals surface area (Å²) in [5, 5.41) is 21.4. The van der Waals surface area contributed by atoms with E-state index in [0.717, 1.165) is 0 Å². The van der Waals surface area contributed by atoms with Gasteiger partial charge in [0, 0.05) is 23.4 Å². The molecule has 17 heavy (non-hydrogen) atoms. The van der Waals surface area contributed by atoms with E-state index in [4.69, 9.17) is 10.6 Å². The fraction of sp³-hybridized carbons (Fsp3) is 0.182. The van der Waals surface area contributed by atoms with Gasteiger partial charge in [0.05, 0.1) is 0 Å². The number of nitrogens with zero attached hydrogens (tertiary/aromatic N) is 3. The van der Waals surface area contributed by atoms with Crippen LogP contribution in [-0.4, -0.2) is 22.7 Å². The van der Waals surface area contributed by atoms with Gasteiger partial charge in [-0.2, -0.15) is 0 Å². The maximum Gasteiger partial charge on any atom is 0.339 e. The molecule has 0 atom stereocenters. The SMILES string of the molecule is [N-]=[N+]=NCCC#Cc1ccc(C(=O)O)c(O)c1. The summed E-state index contributed by atoms with van der Waals surface area (Å²) in [5.41, 5.74) is 8.37. The Hall–Kier alpha value is -2.64. The highest BCUT2D eigenvalue weighted by molar-refractivity contribution is 5.90. The van der Waals surface area contributed by atoms with Gasteiger partial charge in [-0.25, -0.2) is 4.79 Å². The molecule has 0 spiro atoms. The minimum Gasteiger partial charge on any atom is -0.507 e. The van der Waals surface area contributed by atoms with E-state index in [-0.39, 0.29) is 17.9 Å². The number of carboxylic acids is 1. The van der Waals surface area contributed by atoms with E-state index in [0.29, 0.717) is 12.0 Å². The van der Waals surface area contributed by atoms with Crippen LogP contribution in [0.4, 0.5) is 0 Å². The lowest BCUT2D eigenvalue weighted by Gasteiger charge is -1.98. The fourth-order valence-corrected chi connectivity index (χ4v) is 1.11. The Morgan fingerprint density at radius 2 is 2.29 bits per heavy atom. The van der Waals surface area contributed by atoms with E-state index in [1.165, 1.54) is 18.2 Å². The van der Waals surface area contributed by atoms with Gasteiger partial charge in [-0.05, 0) is 23.7 Å². The molecule has 0 aromatic heterocycles. The third-order valence-corrected chi connectivity index (χ3v) is 1.86. The molecule has 86 valence electrons. The van der Waals surface area contributed by atoms with Crippen molar-refractivity contribution >= 4 is 5.97 Å². The largest absolute Gasteiger partial charge is 0.507 e. The van der Waals surface area contributed by atoms with Crippen LogP contribution in [0.2, 0.25) is 0 Å².